The molecule has 3 N–H and O–H groups in total. The van der Waals surface area contributed by atoms with Gasteiger partial charge in [-0.05, 0) is 61.9 Å². The summed E-state index contributed by atoms with van der Waals surface area (Å²) >= 11 is 0. The number of aliphatic hydroxyl groups is 3. The fraction of sp³-hybridized carbons (Fsp3) is 0.800. The number of aliphatic hydroxyl groups excluding tert-OH is 2. The molecule has 2 saturated carbocycles. The van der Waals surface area contributed by atoms with E-state index in [1.807, 2.05) is 0 Å². The van der Waals surface area contributed by atoms with Crippen LogP contribution in [-0.4, -0.2) is 33.6 Å². The van der Waals surface area contributed by atoms with Crippen LogP contribution in [-0.2, 0) is 0 Å². The zero-order chi connectivity index (χ0) is 17.0. The van der Waals surface area contributed by atoms with Crippen molar-refractivity contribution in [2.24, 2.45) is 16.7 Å². The number of hydrogen-bond donors (Lipinski definition) is 3. The summed E-state index contributed by atoms with van der Waals surface area (Å²) in [6, 6.07) is 0. The molecule has 23 heavy (non-hydrogen) atoms. The van der Waals surface area contributed by atoms with Crippen molar-refractivity contribution in [1.29, 1.82) is 0 Å². The van der Waals surface area contributed by atoms with Gasteiger partial charge in [0.15, 0.2) is 0 Å². The van der Waals surface area contributed by atoms with Crippen LogP contribution < -0.4 is 0 Å². The zero-order valence-corrected chi connectivity index (χ0v) is 14.9. The molecule has 3 nitrogen and oxygen atoms in total. The van der Waals surface area contributed by atoms with Crippen LogP contribution in [0.2, 0.25) is 0 Å². The van der Waals surface area contributed by atoms with Gasteiger partial charge in [-0.1, -0.05) is 38.5 Å². The molecule has 4 atom stereocenters. The first-order chi connectivity index (χ1) is 10.7. The zero-order valence-electron chi connectivity index (χ0n) is 14.9. The highest BCUT2D eigenvalue weighted by Crippen LogP contribution is 2.62. The summed E-state index contributed by atoms with van der Waals surface area (Å²) in [5.41, 5.74) is 1.75. The Hall–Kier alpha value is -0.640. The van der Waals surface area contributed by atoms with E-state index in [0.29, 0.717) is 31.6 Å². The van der Waals surface area contributed by atoms with Crippen molar-refractivity contribution in [3.8, 4) is 0 Å². The van der Waals surface area contributed by atoms with Gasteiger partial charge in [-0.15, -0.1) is 0 Å². The Morgan fingerprint density at radius 3 is 2.52 bits per heavy atom. The molecule has 0 aliphatic heterocycles. The molecule has 130 valence electrons. The van der Waals surface area contributed by atoms with E-state index in [4.69, 9.17) is 0 Å². The third-order valence-corrected chi connectivity index (χ3v) is 7.27. The first-order valence-corrected chi connectivity index (χ1v) is 9.12. The molecule has 2 fully saturated rings. The fourth-order valence-electron chi connectivity index (χ4n) is 5.72. The van der Waals surface area contributed by atoms with Crippen molar-refractivity contribution in [2.75, 3.05) is 6.61 Å². The van der Waals surface area contributed by atoms with Gasteiger partial charge in [0.25, 0.3) is 0 Å². The van der Waals surface area contributed by atoms with E-state index < -0.39 is 17.1 Å². The molecule has 0 aromatic rings. The van der Waals surface area contributed by atoms with Crippen LogP contribution in [0.15, 0.2) is 23.3 Å². The van der Waals surface area contributed by atoms with Crippen molar-refractivity contribution in [3.63, 3.8) is 0 Å². The molecule has 3 heteroatoms. The SMILES string of the molecule is C=C1CCC(O)C2(CO)CCC3=C(C(C)C)CCC3(C)CC12O. The maximum Gasteiger partial charge on any atom is 0.0965 e. The van der Waals surface area contributed by atoms with Gasteiger partial charge in [-0.2, -0.15) is 0 Å². The largest absolute Gasteiger partial charge is 0.396 e. The highest BCUT2D eigenvalue weighted by atomic mass is 16.3. The van der Waals surface area contributed by atoms with Gasteiger partial charge in [0.05, 0.1) is 23.7 Å². The van der Waals surface area contributed by atoms with E-state index in [1.165, 1.54) is 11.1 Å². The summed E-state index contributed by atoms with van der Waals surface area (Å²) in [6.45, 7) is 10.7. The molecule has 0 spiro atoms. The van der Waals surface area contributed by atoms with Gasteiger partial charge >= 0.3 is 0 Å². The second-order valence-electron chi connectivity index (χ2n) is 8.73. The lowest BCUT2D eigenvalue weighted by Crippen LogP contribution is -2.61. The Bertz CT molecular complexity index is 549. The monoisotopic (exact) mass is 320 g/mol. The van der Waals surface area contributed by atoms with Gasteiger partial charge in [0.1, 0.15) is 0 Å². The summed E-state index contributed by atoms with van der Waals surface area (Å²) in [6.07, 6.45) is 4.85. The van der Waals surface area contributed by atoms with Crippen molar-refractivity contribution < 1.29 is 15.3 Å². The maximum atomic E-state index is 11.7. The molecule has 0 radical (unpaired) electrons. The van der Waals surface area contributed by atoms with E-state index in [0.717, 1.165) is 24.8 Å². The number of rotatable bonds is 2. The molecule has 0 amide bonds. The third-order valence-electron chi connectivity index (χ3n) is 7.27. The summed E-state index contributed by atoms with van der Waals surface area (Å²) < 4.78 is 0. The molecule has 0 heterocycles. The van der Waals surface area contributed by atoms with Gasteiger partial charge in [-0.3, -0.25) is 0 Å². The van der Waals surface area contributed by atoms with E-state index in [1.54, 1.807) is 0 Å². The van der Waals surface area contributed by atoms with Crippen LogP contribution in [0.4, 0.5) is 0 Å². The summed E-state index contributed by atoms with van der Waals surface area (Å²) in [5.74, 6) is 0.528. The van der Waals surface area contributed by atoms with Crippen LogP contribution in [0.5, 0.6) is 0 Å². The minimum absolute atomic E-state index is 0.0364. The highest BCUT2D eigenvalue weighted by molar-refractivity contribution is 5.36. The second-order valence-corrected chi connectivity index (χ2v) is 8.73. The average Bonchev–Trinajstić information content (AvgIpc) is 2.75. The van der Waals surface area contributed by atoms with Gasteiger partial charge in [0, 0.05) is 0 Å². The van der Waals surface area contributed by atoms with E-state index >= 15 is 0 Å². The van der Waals surface area contributed by atoms with Gasteiger partial charge in [0.2, 0.25) is 0 Å². The molecule has 0 saturated heterocycles. The minimum Gasteiger partial charge on any atom is -0.396 e. The molecule has 4 unspecified atom stereocenters. The van der Waals surface area contributed by atoms with Gasteiger partial charge < -0.3 is 15.3 Å². The number of allylic oxidation sites excluding steroid dienone is 2. The molecular formula is C20H32O3. The molecule has 0 bridgehead atoms. The van der Waals surface area contributed by atoms with E-state index in [2.05, 4.69) is 27.4 Å². The predicted molar refractivity (Wildman–Crippen MR) is 91.9 cm³/mol. The first kappa shape index (κ1) is 17.2. The van der Waals surface area contributed by atoms with Crippen molar-refractivity contribution in [1.82, 2.24) is 0 Å². The molecule has 0 aromatic carbocycles. The second kappa shape index (κ2) is 5.44. The quantitative estimate of drug-likeness (QED) is 0.684. The lowest BCUT2D eigenvalue weighted by Gasteiger charge is -2.54. The summed E-state index contributed by atoms with van der Waals surface area (Å²) in [5, 5.41) is 32.6. The Morgan fingerprint density at radius 1 is 1.22 bits per heavy atom. The van der Waals surface area contributed by atoms with Crippen molar-refractivity contribution in [2.45, 2.75) is 77.4 Å². The predicted octanol–water partition coefficient (Wildman–Crippen LogP) is 3.34. The van der Waals surface area contributed by atoms with Crippen LogP contribution in [0.1, 0.15) is 65.7 Å². The molecule has 3 aliphatic carbocycles. The molecule has 3 rings (SSSR count). The smallest absolute Gasteiger partial charge is 0.0965 e. The average molecular weight is 320 g/mol. The van der Waals surface area contributed by atoms with E-state index in [9.17, 15) is 15.3 Å². The van der Waals surface area contributed by atoms with Crippen LogP contribution in [0.25, 0.3) is 0 Å². The highest BCUT2D eigenvalue weighted by Gasteiger charge is 2.62. The Morgan fingerprint density at radius 2 is 1.91 bits per heavy atom. The molecular weight excluding hydrogens is 288 g/mol. The minimum atomic E-state index is -1.16. The summed E-state index contributed by atoms with van der Waals surface area (Å²) in [7, 11) is 0. The van der Waals surface area contributed by atoms with Crippen molar-refractivity contribution >= 4 is 0 Å². The Balaban J connectivity index is 2.13. The van der Waals surface area contributed by atoms with Crippen LogP contribution >= 0.6 is 0 Å². The Labute approximate surface area is 140 Å². The van der Waals surface area contributed by atoms with Crippen LogP contribution in [0.3, 0.4) is 0 Å². The van der Waals surface area contributed by atoms with E-state index in [-0.39, 0.29) is 12.0 Å². The third kappa shape index (κ3) is 2.20. The number of hydrogen-bond acceptors (Lipinski definition) is 3. The van der Waals surface area contributed by atoms with Crippen LogP contribution in [0, 0.1) is 16.7 Å². The van der Waals surface area contributed by atoms with Crippen molar-refractivity contribution in [3.05, 3.63) is 23.3 Å². The molecule has 3 aliphatic rings. The van der Waals surface area contributed by atoms with Gasteiger partial charge in [-0.25, -0.2) is 0 Å². The lowest BCUT2D eigenvalue weighted by atomic mass is 9.56. The topological polar surface area (TPSA) is 60.7 Å². The standard InChI is InChI=1S/C20H32O3/c1-13(2)15-7-9-18(4)11-20(23)14(3)5-6-17(22)19(20,12-21)10-8-16(15)18/h13,17,21-23H,3,5-12H2,1-2,4H3. The maximum absolute atomic E-state index is 11.7. The first-order valence-electron chi connectivity index (χ1n) is 9.12. The summed E-state index contributed by atoms with van der Waals surface area (Å²) in [4.78, 5) is 0. The lowest BCUT2D eigenvalue weighted by molar-refractivity contribution is -0.173. The molecule has 0 aromatic heterocycles. The normalized spacial score (nSPS) is 44.3. The Kier molecular flexibility index (Phi) is 4.06. The number of fused-ring (bicyclic) bond motifs is 2. The fourth-order valence-corrected chi connectivity index (χ4v) is 5.72.